The molecule has 0 bridgehead atoms. The van der Waals surface area contributed by atoms with Gasteiger partial charge in [-0.15, -0.1) is 0 Å². The highest BCUT2D eigenvalue weighted by Gasteiger charge is 2.43. The summed E-state index contributed by atoms with van der Waals surface area (Å²) in [7, 11) is 0. The van der Waals surface area contributed by atoms with E-state index in [0.717, 1.165) is 112 Å². The Morgan fingerprint density at radius 3 is 1.29 bits per heavy atom. The lowest BCUT2D eigenvalue weighted by molar-refractivity contribution is 0.622. The maximum absolute atomic E-state index is 6.72. The van der Waals surface area contributed by atoms with E-state index in [0.29, 0.717) is 22.9 Å². The molecule has 11 aromatic rings. The predicted octanol–water partition coefficient (Wildman–Crippen LogP) is 9.69. The minimum absolute atomic E-state index is 0.196. The van der Waals surface area contributed by atoms with Gasteiger partial charge in [0.15, 0.2) is 11.2 Å². The molecule has 0 spiro atoms. The van der Waals surface area contributed by atoms with Gasteiger partial charge in [0.2, 0.25) is 11.8 Å². The number of benzene rings is 7. The molecule has 7 aromatic carbocycles. The molecule has 0 N–H and O–H groups in total. The standard InChI is InChI=1S/C50H33BN6O2/c1-26-14-11-15-27(2)38(26)47-54-41-43-32(24-34-45(41)58-49(52-34)30-18-7-5-8-19-30)51-33-25-35-46(59-50(53-35)31-20-9-6-10-21-31)42-44(33)57(37-23-13-22-36(40(37)51)56(43)47)48(55-42)39-28(3)16-12-17-29(39)4/h5-25H,1-4H3. The number of aromatic nitrogens is 6. The van der Waals surface area contributed by atoms with Gasteiger partial charge in [0.1, 0.15) is 33.7 Å². The molecule has 4 aromatic heterocycles. The highest BCUT2D eigenvalue weighted by molar-refractivity contribution is 7.00. The van der Waals surface area contributed by atoms with E-state index < -0.39 is 0 Å². The van der Waals surface area contributed by atoms with Crippen molar-refractivity contribution in [3.05, 3.63) is 150 Å². The van der Waals surface area contributed by atoms with Crippen LogP contribution in [0.3, 0.4) is 0 Å². The molecule has 0 saturated heterocycles. The van der Waals surface area contributed by atoms with E-state index in [1.54, 1.807) is 0 Å². The van der Waals surface area contributed by atoms with E-state index in [9.17, 15) is 0 Å². The van der Waals surface area contributed by atoms with E-state index in [2.05, 4.69) is 104 Å². The third-order valence-electron chi connectivity index (χ3n) is 12.5. The summed E-state index contributed by atoms with van der Waals surface area (Å²) in [5.41, 5.74) is 20.7. The number of aryl methyl sites for hydroxylation is 4. The number of oxazole rings is 2. The van der Waals surface area contributed by atoms with Gasteiger partial charge in [-0.05, 0) is 115 Å². The second kappa shape index (κ2) is 11.5. The van der Waals surface area contributed by atoms with E-state index in [-0.39, 0.29) is 6.71 Å². The van der Waals surface area contributed by atoms with Crippen LogP contribution in [0.4, 0.5) is 0 Å². The number of imidazole rings is 2. The topological polar surface area (TPSA) is 87.7 Å². The monoisotopic (exact) mass is 760 g/mol. The Morgan fingerprint density at radius 2 is 0.864 bits per heavy atom. The highest BCUT2D eigenvalue weighted by atomic mass is 16.4. The molecule has 0 amide bonds. The molecule has 2 aliphatic heterocycles. The first-order valence-electron chi connectivity index (χ1n) is 20.0. The molecule has 6 heterocycles. The van der Waals surface area contributed by atoms with E-state index in [1.807, 2.05) is 60.7 Å². The fraction of sp³-hybridized carbons (Fsp3) is 0.0800. The first kappa shape index (κ1) is 32.6. The van der Waals surface area contributed by atoms with Crippen LogP contribution in [0.5, 0.6) is 0 Å². The van der Waals surface area contributed by atoms with Crippen LogP contribution in [-0.2, 0) is 0 Å². The Kier molecular flexibility index (Phi) is 6.37. The second-order valence-corrected chi connectivity index (χ2v) is 16.0. The van der Waals surface area contributed by atoms with Crippen LogP contribution in [0.15, 0.2) is 136 Å². The van der Waals surface area contributed by atoms with Crippen LogP contribution in [0.25, 0.3) is 101 Å². The van der Waals surface area contributed by atoms with Crippen molar-refractivity contribution in [1.29, 1.82) is 0 Å². The minimum Gasteiger partial charge on any atom is -0.434 e. The lowest BCUT2D eigenvalue weighted by atomic mass is 9.34. The summed E-state index contributed by atoms with van der Waals surface area (Å²) in [6.07, 6.45) is 0. The quantitative estimate of drug-likeness (QED) is 0.166. The molecule has 278 valence electrons. The minimum atomic E-state index is -0.196. The zero-order chi connectivity index (χ0) is 39.3. The first-order valence-corrected chi connectivity index (χ1v) is 20.0. The largest absolute Gasteiger partial charge is 0.434 e. The number of nitrogens with zero attached hydrogens (tertiary/aromatic N) is 6. The molecule has 0 atom stereocenters. The zero-order valence-corrected chi connectivity index (χ0v) is 32.7. The van der Waals surface area contributed by atoms with Crippen molar-refractivity contribution in [2.75, 3.05) is 0 Å². The first-order chi connectivity index (χ1) is 28.9. The van der Waals surface area contributed by atoms with E-state index >= 15 is 0 Å². The zero-order valence-electron chi connectivity index (χ0n) is 32.7. The van der Waals surface area contributed by atoms with Gasteiger partial charge >= 0.3 is 0 Å². The maximum Gasteiger partial charge on any atom is 0.252 e. The van der Waals surface area contributed by atoms with Crippen LogP contribution >= 0.6 is 0 Å². The summed E-state index contributed by atoms with van der Waals surface area (Å²) in [6, 6.07) is 44.2. The van der Waals surface area contributed by atoms with Gasteiger partial charge in [-0.25, -0.2) is 19.9 Å². The lowest BCUT2D eigenvalue weighted by Gasteiger charge is -2.33. The molecule has 0 radical (unpaired) electrons. The van der Waals surface area contributed by atoms with Crippen molar-refractivity contribution in [3.63, 3.8) is 0 Å². The Bertz CT molecular complexity index is 3340. The highest BCUT2D eigenvalue weighted by Crippen LogP contribution is 2.42. The predicted molar refractivity (Wildman–Crippen MR) is 236 cm³/mol. The Hall–Kier alpha value is -7.52. The van der Waals surface area contributed by atoms with Crippen LogP contribution in [-0.4, -0.2) is 35.8 Å². The van der Waals surface area contributed by atoms with E-state index in [4.69, 9.17) is 28.8 Å². The fourth-order valence-corrected chi connectivity index (χ4v) is 10.0. The fourth-order valence-electron chi connectivity index (χ4n) is 10.0. The van der Waals surface area contributed by atoms with Crippen LogP contribution in [0.2, 0.25) is 0 Å². The van der Waals surface area contributed by atoms with Gasteiger partial charge in [-0.2, -0.15) is 0 Å². The molecule has 8 nitrogen and oxygen atoms in total. The summed E-state index contributed by atoms with van der Waals surface area (Å²) < 4.78 is 18.2. The number of hydrogen-bond donors (Lipinski definition) is 0. The number of hydrogen-bond acceptors (Lipinski definition) is 6. The van der Waals surface area contributed by atoms with Gasteiger partial charge in [0, 0.05) is 33.6 Å². The van der Waals surface area contributed by atoms with Crippen molar-refractivity contribution < 1.29 is 8.83 Å². The summed E-state index contributed by atoms with van der Waals surface area (Å²) in [5, 5.41) is 0. The molecule has 13 rings (SSSR count). The molecule has 9 heteroatoms. The van der Waals surface area contributed by atoms with Gasteiger partial charge in [0.25, 0.3) is 6.71 Å². The second-order valence-electron chi connectivity index (χ2n) is 16.0. The van der Waals surface area contributed by atoms with Gasteiger partial charge in [-0.1, -0.05) is 78.9 Å². The SMILES string of the molecule is Cc1cccc(C)c1-c1nc2c3oc(-c4ccccc4)nc3cc3c2n1-c1cccc2c1B3c1cc3nc(-c4ccccc4)oc3c3nc(-c4c(C)cccc4C)n-2c13. The number of rotatable bonds is 4. The molecule has 0 saturated carbocycles. The smallest absolute Gasteiger partial charge is 0.252 e. The van der Waals surface area contributed by atoms with Crippen molar-refractivity contribution in [3.8, 4) is 57.1 Å². The molecule has 0 unspecified atom stereocenters. The Labute approximate surface area is 338 Å². The van der Waals surface area contributed by atoms with Crippen molar-refractivity contribution in [2.45, 2.75) is 27.7 Å². The summed E-state index contributed by atoms with van der Waals surface area (Å²) in [6.45, 7) is 8.48. The summed E-state index contributed by atoms with van der Waals surface area (Å²) >= 11 is 0. The maximum atomic E-state index is 6.72. The lowest BCUT2D eigenvalue weighted by Crippen LogP contribution is -2.59. The summed E-state index contributed by atoms with van der Waals surface area (Å²) in [5.74, 6) is 2.90. The van der Waals surface area contributed by atoms with Crippen LogP contribution in [0.1, 0.15) is 22.3 Å². The Morgan fingerprint density at radius 1 is 0.458 bits per heavy atom. The van der Waals surface area contributed by atoms with Gasteiger partial charge < -0.3 is 8.83 Å². The third-order valence-corrected chi connectivity index (χ3v) is 12.5. The average molecular weight is 761 g/mol. The molecular weight excluding hydrogens is 727 g/mol. The van der Waals surface area contributed by atoms with E-state index in [1.165, 1.54) is 5.46 Å². The van der Waals surface area contributed by atoms with Gasteiger partial charge in [0.05, 0.1) is 11.0 Å². The molecular formula is C50H33BN6O2. The average Bonchev–Trinajstić information content (AvgIpc) is 4.05. The van der Waals surface area contributed by atoms with Crippen molar-refractivity contribution >= 4 is 67.4 Å². The Balaban J connectivity index is 1.20. The van der Waals surface area contributed by atoms with Gasteiger partial charge in [-0.3, -0.25) is 9.13 Å². The molecule has 59 heavy (non-hydrogen) atoms. The molecule has 2 aliphatic rings. The number of fused-ring (bicyclic) bond motifs is 8. The van der Waals surface area contributed by atoms with Crippen molar-refractivity contribution in [1.82, 2.24) is 29.1 Å². The van der Waals surface area contributed by atoms with Crippen LogP contribution < -0.4 is 16.4 Å². The molecule has 0 fully saturated rings. The third kappa shape index (κ3) is 4.28. The summed E-state index contributed by atoms with van der Waals surface area (Å²) in [4.78, 5) is 21.5. The normalized spacial score (nSPS) is 12.7. The van der Waals surface area contributed by atoms with Crippen LogP contribution in [0, 0.1) is 27.7 Å². The molecule has 0 aliphatic carbocycles. The van der Waals surface area contributed by atoms with Crippen molar-refractivity contribution in [2.24, 2.45) is 0 Å².